The first-order valence-electron chi connectivity index (χ1n) is 6.39. The van der Waals surface area contributed by atoms with Crippen LogP contribution >= 0.6 is 0 Å². The van der Waals surface area contributed by atoms with Crippen LogP contribution in [0.15, 0.2) is 31.0 Å². The van der Waals surface area contributed by atoms with Gasteiger partial charge in [-0.1, -0.05) is 0 Å². The van der Waals surface area contributed by atoms with Gasteiger partial charge in [0.05, 0.1) is 24.2 Å². The maximum atomic E-state index is 9.54. The summed E-state index contributed by atoms with van der Waals surface area (Å²) in [5.41, 5.74) is 1.85. The van der Waals surface area contributed by atoms with Crippen molar-refractivity contribution in [1.29, 1.82) is 0 Å². The van der Waals surface area contributed by atoms with Gasteiger partial charge in [-0.2, -0.15) is 5.10 Å². The van der Waals surface area contributed by atoms with Crippen LogP contribution in [0.3, 0.4) is 0 Å². The molecule has 0 radical (unpaired) electrons. The molecule has 0 aliphatic rings. The van der Waals surface area contributed by atoms with E-state index in [1.54, 1.807) is 10.9 Å². The molecular weight excluding hydrogens is 256 g/mol. The number of aromatic amines is 1. The van der Waals surface area contributed by atoms with E-state index in [9.17, 15) is 5.11 Å². The number of rotatable bonds is 5. The van der Waals surface area contributed by atoms with Gasteiger partial charge >= 0.3 is 0 Å². The van der Waals surface area contributed by atoms with Crippen LogP contribution in [0.1, 0.15) is 5.56 Å². The van der Waals surface area contributed by atoms with E-state index in [-0.39, 0.29) is 12.6 Å². The molecule has 0 spiro atoms. The number of fused-ring (bicyclic) bond motifs is 1. The topological polar surface area (TPSA) is 91.6 Å². The Hall–Kier alpha value is -2.41. The van der Waals surface area contributed by atoms with Gasteiger partial charge in [-0.25, -0.2) is 9.97 Å². The van der Waals surface area contributed by atoms with Crippen molar-refractivity contribution in [3.05, 3.63) is 36.5 Å². The lowest BCUT2D eigenvalue weighted by molar-refractivity contribution is 0.273. The predicted octanol–water partition coefficient (Wildman–Crippen LogP) is 0.707. The van der Waals surface area contributed by atoms with Crippen molar-refractivity contribution in [2.75, 3.05) is 11.9 Å². The highest BCUT2D eigenvalue weighted by molar-refractivity contribution is 5.86. The third kappa shape index (κ3) is 2.48. The molecule has 3 aromatic heterocycles. The van der Waals surface area contributed by atoms with Gasteiger partial charge in [-0.3, -0.25) is 4.68 Å². The molecule has 20 heavy (non-hydrogen) atoms. The Kier molecular flexibility index (Phi) is 3.34. The summed E-state index contributed by atoms with van der Waals surface area (Å²) in [5, 5.41) is 17.8. The van der Waals surface area contributed by atoms with Gasteiger partial charge in [0.2, 0.25) is 0 Å². The maximum absolute atomic E-state index is 9.54. The number of nitrogens with zero attached hydrogens (tertiary/aromatic N) is 4. The van der Waals surface area contributed by atoms with E-state index >= 15 is 0 Å². The minimum Gasteiger partial charge on any atom is -0.394 e. The van der Waals surface area contributed by atoms with Crippen molar-refractivity contribution in [2.45, 2.75) is 12.5 Å². The fraction of sp³-hybridized carbons (Fsp3) is 0.308. The Morgan fingerprint density at radius 1 is 1.45 bits per heavy atom. The van der Waals surface area contributed by atoms with Gasteiger partial charge in [0.15, 0.2) is 0 Å². The zero-order valence-electron chi connectivity index (χ0n) is 11.1. The molecule has 0 bridgehead atoms. The molecule has 0 amide bonds. The highest BCUT2D eigenvalue weighted by Crippen LogP contribution is 2.18. The van der Waals surface area contributed by atoms with Crippen molar-refractivity contribution in [2.24, 2.45) is 7.05 Å². The second kappa shape index (κ2) is 5.30. The molecule has 3 aromatic rings. The number of aromatic nitrogens is 5. The SMILES string of the molecule is Cn1cc(C[C@@H](CO)Nc2ncnc3[nH]ccc23)cn1. The third-order valence-corrected chi connectivity index (χ3v) is 3.16. The molecule has 3 N–H and O–H groups in total. The minimum absolute atomic E-state index is 0.0187. The largest absolute Gasteiger partial charge is 0.394 e. The lowest BCUT2D eigenvalue weighted by Gasteiger charge is -2.16. The summed E-state index contributed by atoms with van der Waals surface area (Å²) in [6.45, 7) is 0.0187. The van der Waals surface area contributed by atoms with Crippen molar-refractivity contribution in [3.63, 3.8) is 0 Å². The maximum Gasteiger partial charge on any atom is 0.142 e. The van der Waals surface area contributed by atoms with Crippen LogP contribution in [0.25, 0.3) is 11.0 Å². The quantitative estimate of drug-likeness (QED) is 0.636. The van der Waals surface area contributed by atoms with Gasteiger partial charge < -0.3 is 15.4 Å². The van der Waals surface area contributed by atoms with Crippen molar-refractivity contribution in [1.82, 2.24) is 24.7 Å². The molecule has 0 aliphatic carbocycles. The average molecular weight is 272 g/mol. The Bertz CT molecular complexity index is 704. The van der Waals surface area contributed by atoms with E-state index in [1.807, 2.05) is 25.5 Å². The zero-order valence-corrected chi connectivity index (χ0v) is 11.1. The predicted molar refractivity (Wildman–Crippen MR) is 75.3 cm³/mol. The summed E-state index contributed by atoms with van der Waals surface area (Å²) in [7, 11) is 1.87. The van der Waals surface area contributed by atoms with Gasteiger partial charge in [0.1, 0.15) is 17.8 Å². The average Bonchev–Trinajstić information content (AvgIpc) is 3.07. The molecule has 104 valence electrons. The lowest BCUT2D eigenvalue weighted by atomic mass is 10.1. The molecule has 3 heterocycles. The standard InChI is InChI=1S/C13H16N6O/c1-19-6-9(5-17-19)4-10(7-20)18-13-11-2-3-14-12(11)15-8-16-13/h2-3,5-6,8,10,20H,4,7H2,1H3,(H2,14,15,16,18)/t10-/m0/s1. The first-order valence-corrected chi connectivity index (χ1v) is 6.39. The Balaban J connectivity index is 1.79. The summed E-state index contributed by atoms with van der Waals surface area (Å²) >= 11 is 0. The van der Waals surface area contributed by atoms with Crippen LogP contribution in [-0.2, 0) is 13.5 Å². The summed E-state index contributed by atoms with van der Waals surface area (Å²) in [6.07, 6.45) is 7.74. The number of H-pyrrole nitrogens is 1. The lowest BCUT2D eigenvalue weighted by Crippen LogP contribution is -2.26. The molecule has 0 saturated carbocycles. The van der Waals surface area contributed by atoms with Crippen molar-refractivity contribution >= 4 is 16.9 Å². The second-order valence-electron chi connectivity index (χ2n) is 4.71. The molecule has 7 heteroatoms. The number of hydrogen-bond donors (Lipinski definition) is 3. The van der Waals surface area contributed by atoms with Crippen LogP contribution in [0.5, 0.6) is 0 Å². The van der Waals surface area contributed by atoms with E-state index in [4.69, 9.17) is 0 Å². The van der Waals surface area contributed by atoms with E-state index in [0.717, 1.165) is 22.4 Å². The number of nitrogens with one attached hydrogen (secondary N) is 2. The van der Waals surface area contributed by atoms with E-state index in [1.165, 1.54) is 6.33 Å². The zero-order chi connectivity index (χ0) is 13.9. The molecular formula is C13H16N6O. The van der Waals surface area contributed by atoms with E-state index in [2.05, 4.69) is 25.4 Å². The molecule has 3 rings (SSSR count). The third-order valence-electron chi connectivity index (χ3n) is 3.16. The number of hydrogen-bond acceptors (Lipinski definition) is 5. The molecule has 7 nitrogen and oxygen atoms in total. The van der Waals surface area contributed by atoms with Crippen LogP contribution in [0.2, 0.25) is 0 Å². The Labute approximate surface area is 115 Å². The first-order chi connectivity index (χ1) is 9.76. The molecule has 0 aliphatic heterocycles. The number of aryl methyl sites for hydroxylation is 1. The summed E-state index contributed by atoms with van der Waals surface area (Å²) < 4.78 is 1.75. The van der Waals surface area contributed by atoms with Crippen molar-refractivity contribution in [3.8, 4) is 0 Å². The summed E-state index contributed by atoms with van der Waals surface area (Å²) in [6, 6.07) is 1.79. The smallest absolute Gasteiger partial charge is 0.142 e. The normalized spacial score (nSPS) is 12.7. The van der Waals surface area contributed by atoms with E-state index in [0.29, 0.717) is 6.42 Å². The van der Waals surface area contributed by atoms with Gasteiger partial charge in [0, 0.05) is 19.4 Å². The Morgan fingerprint density at radius 3 is 3.10 bits per heavy atom. The molecule has 0 fully saturated rings. The highest BCUT2D eigenvalue weighted by Gasteiger charge is 2.12. The van der Waals surface area contributed by atoms with Crippen molar-refractivity contribution < 1.29 is 5.11 Å². The van der Waals surface area contributed by atoms with Gasteiger partial charge in [0.25, 0.3) is 0 Å². The van der Waals surface area contributed by atoms with Crippen LogP contribution in [0, 0.1) is 0 Å². The Morgan fingerprint density at radius 2 is 2.35 bits per heavy atom. The summed E-state index contributed by atoms with van der Waals surface area (Å²) in [5.74, 6) is 0.721. The minimum atomic E-state index is -0.118. The van der Waals surface area contributed by atoms with E-state index < -0.39 is 0 Å². The second-order valence-corrected chi connectivity index (χ2v) is 4.71. The van der Waals surface area contributed by atoms with Gasteiger partial charge in [-0.05, 0) is 18.1 Å². The molecule has 0 unspecified atom stereocenters. The molecule has 0 aromatic carbocycles. The fourth-order valence-electron chi connectivity index (χ4n) is 2.20. The monoisotopic (exact) mass is 272 g/mol. The van der Waals surface area contributed by atoms with Crippen LogP contribution in [0.4, 0.5) is 5.82 Å². The van der Waals surface area contributed by atoms with Gasteiger partial charge in [-0.15, -0.1) is 0 Å². The first kappa shape index (κ1) is 12.6. The fourth-order valence-corrected chi connectivity index (χ4v) is 2.20. The molecule has 1 atom stereocenters. The summed E-state index contributed by atoms with van der Waals surface area (Å²) in [4.78, 5) is 11.4. The number of aliphatic hydroxyl groups is 1. The number of anilines is 1. The van der Waals surface area contributed by atoms with Crippen LogP contribution < -0.4 is 5.32 Å². The van der Waals surface area contributed by atoms with Crippen LogP contribution in [-0.4, -0.2) is 42.5 Å². The highest BCUT2D eigenvalue weighted by atomic mass is 16.3. The number of aliphatic hydroxyl groups excluding tert-OH is 1. The molecule has 0 saturated heterocycles.